The molecule has 0 bridgehead atoms. The van der Waals surface area contributed by atoms with Gasteiger partial charge in [0, 0.05) is 51.6 Å². The Morgan fingerprint density at radius 3 is 2.06 bits per heavy atom. The third kappa shape index (κ3) is 15.7. The van der Waals surface area contributed by atoms with Crippen LogP contribution in [0.2, 0.25) is 0 Å². The number of aliphatic imine (C=N–C) groups is 1. The van der Waals surface area contributed by atoms with Gasteiger partial charge in [-0.05, 0) is 36.5 Å². The number of Topliss-reactive ketones (excluding diaryl/α,β-unsaturated/α-hetero) is 2. The van der Waals surface area contributed by atoms with Gasteiger partial charge in [-0.2, -0.15) is 11.8 Å². The Labute approximate surface area is 300 Å². The Balaban J connectivity index is 3.20. The van der Waals surface area contributed by atoms with E-state index >= 15 is 0 Å². The van der Waals surface area contributed by atoms with Gasteiger partial charge in [0.25, 0.3) is 0 Å². The van der Waals surface area contributed by atoms with Crippen LogP contribution in [0.4, 0.5) is 0 Å². The summed E-state index contributed by atoms with van der Waals surface area (Å²) in [6, 6.07) is 5.84. The third-order valence-corrected chi connectivity index (χ3v) is 9.44. The standard InChI is InChI=1S/C35H57N7O7S/c1-21(2)26(32(47)41-28(19-43)34(49)42(7)29(33(48)38-6)17-24-12-9-8-10-13-24)18-30(45)27(14-11-15-39-35(36)37)40-31(46)25(16-23(5)44)20-50-22(3)4/h8-10,12-13,21-22,25-29,43H,11,14-20H2,1-7H3,(H,38,48)(H,40,46)(H,41,47)(H4,36,37,39)/t25-,26-,27-,28-,29-/m0/s1. The maximum Gasteiger partial charge on any atom is 0.247 e. The number of hydrogen-bond donors (Lipinski definition) is 6. The van der Waals surface area contributed by atoms with E-state index < -0.39 is 66.0 Å². The smallest absolute Gasteiger partial charge is 0.247 e. The first kappa shape index (κ1) is 44.0. The molecule has 50 heavy (non-hydrogen) atoms. The molecule has 0 aliphatic carbocycles. The number of aliphatic hydroxyl groups is 1. The molecule has 280 valence electrons. The highest BCUT2D eigenvalue weighted by molar-refractivity contribution is 7.99. The first-order chi connectivity index (χ1) is 23.5. The van der Waals surface area contributed by atoms with Crippen LogP contribution in [0.25, 0.3) is 0 Å². The number of benzene rings is 1. The zero-order valence-corrected chi connectivity index (χ0v) is 31.3. The molecule has 14 nitrogen and oxygen atoms in total. The lowest BCUT2D eigenvalue weighted by Gasteiger charge is -2.31. The number of ketones is 2. The SMILES string of the molecule is CNC(=O)[C@H](Cc1ccccc1)N(C)C(=O)[C@H](CO)NC(=O)[C@@H](CC(=O)[C@H](CCCN=C(N)N)NC(=O)[C@H](CSC(C)C)CC(C)=O)C(C)C. The van der Waals surface area contributed by atoms with Crippen molar-refractivity contribution in [3.05, 3.63) is 35.9 Å². The first-order valence-corrected chi connectivity index (χ1v) is 18.0. The molecule has 0 unspecified atom stereocenters. The van der Waals surface area contributed by atoms with Crippen molar-refractivity contribution in [2.24, 2.45) is 34.2 Å². The molecule has 0 fully saturated rings. The fraction of sp³-hybridized carbons (Fsp3) is 0.629. The Morgan fingerprint density at radius 2 is 1.54 bits per heavy atom. The highest BCUT2D eigenvalue weighted by atomic mass is 32.2. The molecule has 1 rings (SSSR count). The number of carbonyl (C=O) groups is 6. The molecule has 1 aromatic carbocycles. The third-order valence-electron chi connectivity index (χ3n) is 8.18. The van der Waals surface area contributed by atoms with E-state index in [1.165, 1.54) is 37.7 Å². The van der Waals surface area contributed by atoms with Crippen LogP contribution < -0.4 is 27.4 Å². The summed E-state index contributed by atoms with van der Waals surface area (Å²) in [5.41, 5.74) is 11.7. The topological polar surface area (TPSA) is 226 Å². The van der Waals surface area contributed by atoms with Crippen molar-refractivity contribution in [3.63, 3.8) is 0 Å². The molecule has 0 saturated heterocycles. The van der Waals surface area contributed by atoms with E-state index in [1.807, 2.05) is 44.2 Å². The number of nitrogens with zero attached hydrogens (tertiary/aromatic N) is 2. The summed E-state index contributed by atoms with van der Waals surface area (Å²) in [6.07, 6.45) is 0.495. The molecule has 0 aliphatic rings. The molecule has 8 N–H and O–H groups in total. The van der Waals surface area contributed by atoms with Crippen LogP contribution in [0.3, 0.4) is 0 Å². The molecular weight excluding hydrogens is 662 g/mol. The Bertz CT molecular complexity index is 1310. The number of likely N-dealkylation sites (N-methyl/N-ethyl adjacent to an activating group) is 2. The Hall–Kier alpha value is -3.98. The number of rotatable bonds is 23. The number of guanidine groups is 1. The van der Waals surface area contributed by atoms with E-state index in [0.717, 1.165) is 5.56 Å². The van der Waals surface area contributed by atoms with Crippen molar-refractivity contribution in [1.29, 1.82) is 0 Å². The lowest BCUT2D eigenvalue weighted by molar-refractivity contribution is -0.143. The van der Waals surface area contributed by atoms with Gasteiger partial charge in [0.05, 0.1) is 18.6 Å². The maximum absolute atomic E-state index is 13.8. The second-order valence-electron chi connectivity index (χ2n) is 13.0. The molecule has 0 aliphatic heterocycles. The number of hydrogen-bond acceptors (Lipinski definition) is 9. The van der Waals surface area contributed by atoms with E-state index in [9.17, 15) is 33.9 Å². The molecule has 15 heteroatoms. The highest BCUT2D eigenvalue weighted by Crippen LogP contribution is 2.21. The molecule has 0 heterocycles. The lowest BCUT2D eigenvalue weighted by Crippen LogP contribution is -2.57. The summed E-state index contributed by atoms with van der Waals surface area (Å²) in [5.74, 6) is -4.39. The predicted octanol–water partition coefficient (Wildman–Crippen LogP) is 0.786. The molecule has 0 radical (unpaired) electrons. The van der Waals surface area contributed by atoms with Crippen molar-refractivity contribution in [1.82, 2.24) is 20.9 Å². The van der Waals surface area contributed by atoms with Crippen LogP contribution in [0.15, 0.2) is 35.3 Å². The van der Waals surface area contributed by atoms with Gasteiger partial charge in [-0.15, -0.1) is 0 Å². The minimum atomic E-state index is -1.38. The van der Waals surface area contributed by atoms with E-state index in [-0.39, 0.29) is 55.1 Å². The van der Waals surface area contributed by atoms with Gasteiger partial charge in [0.1, 0.15) is 17.9 Å². The maximum atomic E-state index is 13.8. The predicted molar refractivity (Wildman–Crippen MR) is 196 cm³/mol. The summed E-state index contributed by atoms with van der Waals surface area (Å²) in [4.78, 5) is 84.2. The quantitative estimate of drug-likeness (QED) is 0.0530. The fourth-order valence-electron chi connectivity index (χ4n) is 5.25. The van der Waals surface area contributed by atoms with Crippen molar-refractivity contribution in [3.8, 4) is 0 Å². The molecule has 0 aromatic heterocycles. The summed E-state index contributed by atoms with van der Waals surface area (Å²) < 4.78 is 0. The van der Waals surface area contributed by atoms with Crippen LogP contribution >= 0.6 is 11.8 Å². The normalized spacial score (nSPS) is 14.1. The Kier molecular flexibility index (Phi) is 20.0. The number of nitrogens with two attached hydrogens (primary N) is 2. The molecule has 5 atom stereocenters. The van der Waals surface area contributed by atoms with Gasteiger partial charge in [-0.25, -0.2) is 0 Å². The molecule has 1 aromatic rings. The van der Waals surface area contributed by atoms with Gasteiger partial charge >= 0.3 is 0 Å². The molecule has 4 amide bonds. The highest BCUT2D eigenvalue weighted by Gasteiger charge is 2.35. The number of carbonyl (C=O) groups excluding carboxylic acids is 6. The fourth-order valence-corrected chi connectivity index (χ4v) is 6.14. The van der Waals surface area contributed by atoms with Gasteiger partial charge in [-0.3, -0.25) is 29.0 Å². The second-order valence-corrected chi connectivity index (χ2v) is 14.6. The molecule has 0 spiro atoms. The zero-order valence-electron chi connectivity index (χ0n) is 30.4. The first-order valence-electron chi connectivity index (χ1n) is 16.9. The number of amides is 4. The second kappa shape index (κ2) is 22.7. The monoisotopic (exact) mass is 719 g/mol. The largest absolute Gasteiger partial charge is 0.394 e. The van der Waals surface area contributed by atoms with Crippen LogP contribution in [0.1, 0.15) is 65.9 Å². The lowest BCUT2D eigenvalue weighted by atomic mass is 9.87. The van der Waals surface area contributed by atoms with E-state index in [0.29, 0.717) is 12.2 Å². The average molecular weight is 720 g/mol. The number of aliphatic hydroxyl groups excluding tert-OH is 1. The summed E-state index contributed by atoms with van der Waals surface area (Å²) in [6.45, 7) is 8.35. The van der Waals surface area contributed by atoms with Crippen LogP contribution in [0.5, 0.6) is 0 Å². The minimum absolute atomic E-state index is 0.0225. The molecule has 0 saturated carbocycles. The van der Waals surface area contributed by atoms with Crippen molar-refractivity contribution >= 4 is 52.9 Å². The van der Waals surface area contributed by atoms with Gasteiger partial charge in [0.15, 0.2) is 11.7 Å². The van der Waals surface area contributed by atoms with Gasteiger partial charge < -0.3 is 42.2 Å². The van der Waals surface area contributed by atoms with Crippen LogP contribution in [-0.4, -0.2) is 108 Å². The van der Waals surface area contributed by atoms with Crippen molar-refractivity contribution in [2.75, 3.05) is 33.0 Å². The van der Waals surface area contributed by atoms with E-state index in [1.54, 1.807) is 13.8 Å². The van der Waals surface area contributed by atoms with Gasteiger partial charge in [-0.1, -0.05) is 58.0 Å². The summed E-state index contributed by atoms with van der Waals surface area (Å²) in [7, 11) is 2.89. The molecular formula is C35H57N7O7S. The zero-order chi connectivity index (χ0) is 38.0. The van der Waals surface area contributed by atoms with E-state index in [2.05, 4.69) is 20.9 Å². The number of nitrogens with one attached hydrogen (secondary N) is 3. The minimum Gasteiger partial charge on any atom is -0.394 e. The average Bonchev–Trinajstić information content (AvgIpc) is 3.06. The van der Waals surface area contributed by atoms with E-state index in [4.69, 9.17) is 11.5 Å². The number of thioether (sulfide) groups is 1. The Morgan fingerprint density at radius 1 is 0.920 bits per heavy atom. The van der Waals surface area contributed by atoms with Crippen LogP contribution in [-0.2, 0) is 35.2 Å². The summed E-state index contributed by atoms with van der Waals surface area (Å²) >= 11 is 1.53. The van der Waals surface area contributed by atoms with Crippen LogP contribution in [0, 0.1) is 17.8 Å². The van der Waals surface area contributed by atoms with Crippen molar-refractivity contribution < 1.29 is 33.9 Å². The van der Waals surface area contributed by atoms with Crippen molar-refractivity contribution in [2.45, 2.75) is 90.1 Å². The summed E-state index contributed by atoms with van der Waals surface area (Å²) in [5, 5.41) is 18.4. The van der Waals surface area contributed by atoms with Gasteiger partial charge in [0.2, 0.25) is 23.6 Å².